The second-order valence-electron chi connectivity index (χ2n) is 4.79. The Hall–Kier alpha value is -1.59. The Labute approximate surface area is 123 Å². The summed E-state index contributed by atoms with van der Waals surface area (Å²) in [6.07, 6.45) is 0. The van der Waals surface area contributed by atoms with E-state index in [1.807, 2.05) is 23.6 Å². The van der Waals surface area contributed by atoms with Crippen molar-refractivity contribution in [1.82, 2.24) is 10.3 Å². The van der Waals surface area contributed by atoms with Gasteiger partial charge in [0.15, 0.2) is 11.5 Å². The number of benzene rings is 1. The van der Waals surface area contributed by atoms with Gasteiger partial charge in [-0.3, -0.25) is 0 Å². The van der Waals surface area contributed by atoms with Crippen molar-refractivity contribution in [3.8, 4) is 11.5 Å². The average Bonchev–Trinajstić information content (AvgIpc) is 2.96. The van der Waals surface area contributed by atoms with Crippen molar-refractivity contribution < 1.29 is 9.47 Å². The molecule has 0 saturated carbocycles. The first-order valence-electron chi connectivity index (χ1n) is 6.59. The van der Waals surface area contributed by atoms with Crippen LogP contribution in [0.3, 0.4) is 0 Å². The smallest absolute Gasteiger partial charge is 0.161 e. The highest BCUT2D eigenvalue weighted by Crippen LogP contribution is 2.28. The van der Waals surface area contributed by atoms with Gasteiger partial charge in [0.25, 0.3) is 0 Å². The van der Waals surface area contributed by atoms with Crippen molar-refractivity contribution in [1.29, 1.82) is 0 Å². The summed E-state index contributed by atoms with van der Waals surface area (Å²) in [5.74, 6) is 1.50. The molecule has 0 fully saturated rings. The highest BCUT2D eigenvalue weighted by molar-refractivity contribution is 7.07. The molecule has 2 aromatic rings. The Morgan fingerprint density at radius 1 is 1.30 bits per heavy atom. The first-order valence-corrected chi connectivity index (χ1v) is 7.53. The Balaban J connectivity index is 2.01. The maximum absolute atomic E-state index is 5.75. The molecule has 0 aliphatic carbocycles. The third-order valence-corrected chi connectivity index (χ3v) is 3.44. The van der Waals surface area contributed by atoms with Crippen molar-refractivity contribution in [3.05, 3.63) is 40.3 Å². The van der Waals surface area contributed by atoms with E-state index in [4.69, 9.17) is 9.47 Å². The number of hydrogen-bond donors (Lipinski definition) is 1. The molecule has 1 N–H and O–H groups in total. The van der Waals surface area contributed by atoms with Gasteiger partial charge in [-0.2, -0.15) is 0 Å². The van der Waals surface area contributed by atoms with Crippen LogP contribution in [0.4, 0.5) is 0 Å². The topological polar surface area (TPSA) is 43.4 Å². The molecule has 1 heterocycles. The Kier molecular flexibility index (Phi) is 5.38. The van der Waals surface area contributed by atoms with E-state index in [-0.39, 0.29) is 0 Å². The molecule has 4 nitrogen and oxygen atoms in total. The van der Waals surface area contributed by atoms with Crippen LogP contribution in [-0.2, 0) is 13.2 Å². The van der Waals surface area contributed by atoms with Gasteiger partial charge in [0.2, 0.25) is 0 Å². The van der Waals surface area contributed by atoms with Gasteiger partial charge in [0, 0.05) is 18.0 Å². The van der Waals surface area contributed by atoms with Crippen LogP contribution in [0.2, 0.25) is 0 Å². The van der Waals surface area contributed by atoms with Gasteiger partial charge in [-0.1, -0.05) is 19.9 Å². The lowest BCUT2D eigenvalue weighted by atomic mass is 10.2. The van der Waals surface area contributed by atoms with Crippen LogP contribution in [0.15, 0.2) is 29.1 Å². The summed E-state index contributed by atoms with van der Waals surface area (Å²) < 4.78 is 11.1. The number of nitrogens with one attached hydrogen (secondary N) is 1. The fraction of sp³-hybridized carbons (Fsp3) is 0.400. The van der Waals surface area contributed by atoms with Crippen LogP contribution in [0.25, 0.3) is 0 Å². The number of rotatable bonds is 7. The van der Waals surface area contributed by atoms with Crippen LogP contribution in [0.1, 0.15) is 25.1 Å². The Morgan fingerprint density at radius 2 is 2.15 bits per heavy atom. The van der Waals surface area contributed by atoms with Gasteiger partial charge in [0.05, 0.1) is 18.3 Å². The van der Waals surface area contributed by atoms with Gasteiger partial charge < -0.3 is 14.8 Å². The summed E-state index contributed by atoms with van der Waals surface area (Å²) in [4.78, 5) is 4.20. The second kappa shape index (κ2) is 7.26. The van der Waals surface area contributed by atoms with Crippen molar-refractivity contribution in [2.24, 2.45) is 0 Å². The third kappa shape index (κ3) is 4.21. The zero-order chi connectivity index (χ0) is 14.4. The monoisotopic (exact) mass is 292 g/mol. The van der Waals surface area contributed by atoms with Crippen LogP contribution in [0, 0.1) is 0 Å². The average molecular weight is 292 g/mol. The fourth-order valence-corrected chi connectivity index (χ4v) is 2.27. The molecule has 0 aliphatic heterocycles. The minimum Gasteiger partial charge on any atom is -0.493 e. The molecular formula is C15H20N2O2S. The molecule has 0 atom stereocenters. The summed E-state index contributed by atoms with van der Waals surface area (Å²) in [6, 6.07) is 6.46. The maximum atomic E-state index is 5.75. The van der Waals surface area contributed by atoms with Crippen LogP contribution < -0.4 is 14.8 Å². The molecule has 0 unspecified atom stereocenters. The molecule has 1 aromatic carbocycles. The van der Waals surface area contributed by atoms with E-state index < -0.39 is 0 Å². The van der Waals surface area contributed by atoms with Crippen molar-refractivity contribution in [3.63, 3.8) is 0 Å². The predicted molar refractivity (Wildman–Crippen MR) is 81.4 cm³/mol. The predicted octanol–water partition coefficient (Wildman–Crippen LogP) is 3.23. The first-order chi connectivity index (χ1) is 9.69. The standard InChI is InChI=1S/C15H20N2O2S/c1-11(2)16-7-12-4-5-14(15(6-12)18-3)19-8-13-9-20-10-17-13/h4-6,9-11,16H,7-8H2,1-3H3. The van der Waals surface area contributed by atoms with Crippen LogP contribution in [0.5, 0.6) is 11.5 Å². The summed E-state index contributed by atoms with van der Waals surface area (Å²) >= 11 is 1.57. The number of nitrogens with zero attached hydrogens (tertiary/aromatic N) is 1. The molecule has 0 spiro atoms. The summed E-state index contributed by atoms with van der Waals surface area (Å²) in [7, 11) is 1.66. The lowest BCUT2D eigenvalue weighted by Crippen LogP contribution is -2.21. The minimum absolute atomic E-state index is 0.460. The van der Waals surface area contributed by atoms with E-state index in [1.165, 1.54) is 5.56 Å². The molecule has 20 heavy (non-hydrogen) atoms. The highest BCUT2D eigenvalue weighted by Gasteiger charge is 2.07. The van der Waals surface area contributed by atoms with Gasteiger partial charge in [0.1, 0.15) is 6.61 Å². The van der Waals surface area contributed by atoms with E-state index in [0.29, 0.717) is 12.6 Å². The summed E-state index contributed by atoms with van der Waals surface area (Å²) in [6.45, 7) is 5.54. The van der Waals surface area contributed by atoms with Gasteiger partial charge in [-0.15, -0.1) is 11.3 Å². The molecule has 2 rings (SSSR count). The van der Waals surface area contributed by atoms with Gasteiger partial charge in [-0.25, -0.2) is 4.98 Å². The number of hydrogen-bond acceptors (Lipinski definition) is 5. The summed E-state index contributed by atoms with van der Waals surface area (Å²) in [5, 5.41) is 5.36. The molecule has 0 saturated heterocycles. The zero-order valence-corrected chi connectivity index (χ0v) is 12.9. The van der Waals surface area contributed by atoms with Crippen molar-refractivity contribution in [2.45, 2.75) is 33.0 Å². The third-order valence-electron chi connectivity index (χ3n) is 2.80. The first kappa shape index (κ1) is 14.8. The molecular weight excluding hydrogens is 272 g/mol. The molecule has 108 valence electrons. The maximum Gasteiger partial charge on any atom is 0.161 e. The van der Waals surface area contributed by atoms with E-state index >= 15 is 0 Å². The van der Waals surface area contributed by atoms with Crippen LogP contribution >= 0.6 is 11.3 Å². The largest absolute Gasteiger partial charge is 0.493 e. The van der Waals surface area contributed by atoms with Crippen molar-refractivity contribution in [2.75, 3.05) is 7.11 Å². The molecule has 0 amide bonds. The Bertz CT molecular complexity index is 527. The fourth-order valence-electron chi connectivity index (χ4n) is 1.72. The number of thiazole rings is 1. The highest BCUT2D eigenvalue weighted by atomic mass is 32.1. The minimum atomic E-state index is 0.460. The van der Waals surface area contributed by atoms with E-state index in [1.54, 1.807) is 24.0 Å². The Morgan fingerprint density at radius 3 is 2.80 bits per heavy atom. The molecule has 5 heteroatoms. The van der Waals surface area contributed by atoms with Gasteiger partial charge >= 0.3 is 0 Å². The normalized spacial score (nSPS) is 10.8. The molecule has 1 aromatic heterocycles. The number of ether oxygens (including phenoxy) is 2. The van der Waals surface area contributed by atoms with E-state index in [9.17, 15) is 0 Å². The van der Waals surface area contributed by atoms with Crippen LogP contribution in [-0.4, -0.2) is 18.1 Å². The molecule has 0 radical (unpaired) electrons. The molecule has 0 bridgehead atoms. The zero-order valence-electron chi connectivity index (χ0n) is 12.1. The second-order valence-corrected chi connectivity index (χ2v) is 5.51. The van der Waals surface area contributed by atoms with E-state index in [2.05, 4.69) is 24.1 Å². The number of methoxy groups -OCH3 is 1. The van der Waals surface area contributed by atoms with Crippen molar-refractivity contribution >= 4 is 11.3 Å². The molecule has 0 aliphatic rings. The lowest BCUT2D eigenvalue weighted by Gasteiger charge is -2.13. The van der Waals surface area contributed by atoms with E-state index in [0.717, 1.165) is 23.7 Å². The lowest BCUT2D eigenvalue weighted by molar-refractivity contribution is 0.281. The number of aromatic nitrogens is 1. The quantitative estimate of drug-likeness (QED) is 0.851. The summed E-state index contributed by atoms with van der Waals surface area (Å²) in [5.41, 5.74) is 3.91. The SMILES string of the molecule is COc1cc(CNC(C)C)ccc1OCc1cscn1. The van der Waals surface area contributed by atoms with Gasteiger partial charge in [-0.05, 0) is 17.7 Å².